The number of H-pyrrole nitrogens is 1. The lowest BCUT2D eigenvalue weighted by molar-refractivity contribution is 0.326. The fraction of sp³-hybridized carbons (Fsp3) is 0.267. The topological polar surface area (TPSA) is 75.7 Å². The number of imidazole rings is 1. The summed E-state index contributed by atoms with van der Waals surface area (Å²) >= 11 is 0. The first-order valence-corrected chi connectivity index (χ1v) is 6.93. The Morgan fingerprint density at radius 2 is 2.10 bits per heavy atom. The molecule has 2 aromatic heterocycles. The van der Waals surface area contributed by atoms with Gasteiger partial charge in [0.15, 0.2) is 0 Å². The van der Waals surface area contributed by atoms with Crippen LogP contribution in [0.3, 0.4) is 0 Å². The van der Waals surface area contributed by atoms with Crippen molar-refractivity contribution >= 4 is 17.0 Å². The zero-order chi connectivity index (χ0) is 14.7. The molecule has 0 saturated heterocycles. The van der Waals surface area contributed by atoms with E-state index in [1.165, 1.54) is 0 Å². The lowest BCUT2D eigenvalue weighted by Gasteiger charge is -2.11. The van der Waals surface area contributed by atoms with Gasteiger partial charge in [-0.1, -0.05) is 12.1 Å². The van der Waals surface area contributed by atoms with Crippen LogP contribution in [0, 0.1) is 0 Å². The number of nitrogens with zero attached hydrogens (tertiary/aromatic N) is 3. The van der Waals surface area contributed by atoms with Crippen molar-refractivity contribution in [1.82, 2.24) is 19.9 Å². The Balaban J connectivity index is 1.79. The number of anilines is 1. The first kappa shape index (κ1) is 13.4. The van der Waals surface area contributed by atoms with Gasteiger partial charge >= 0.3 is 0 Å². The summed E-state index contributed by atoms with van der Waals surface area (Å²) in [6, 6.07) is 9.64. The van der Waals surface area contributed by atoms with Crippen LogP contribution in [0.2, 0.25) is 0 Å². The first-order valence-electron chi connectivity index (χ1n) is 6.93. The first-order chi connectivity index (χ1) is 10.3. The minimum Gasteiger partial charge on any atom is -0.478 e. The highest BCUT2D eigenvalue weighted by Gasteiger charge is 2.12. The minimum absolute atomic E-state index is 0.0331. The molecule has 0 aliphatic heterocycles. The van der Waals surface area contributed by atoms with Crippen molar-refractivity contribution in [3.05, 3.63) is 42.4 Å². The highest BCUT2D eigenvalue weighted by atomic mass is 16.5. The smallest absolute Gasteiger partial charge is 0.226 e. The van der Waals surface area contributed by atoms with Crippen LogP contribution in [0.4, 0.5) is 5.95 Å². The van der Waals surface area contributed by atoms with Gasteiger partial charge in [-0.15, -0.1) is 0 Å². The van der Waals surface area contributed by atoms with Gasteiger partial charge in [-0.25, -0.2) is 9.97 Å². The van der Waals surface area contributed by atoms with Gasteiger partial charge in [0.2, 0.25) is 11.8 Å². The quantitative estimate of drug-likeness (QED) is 0.753. The van der Waals surface area contributed by atoms with Crippen LogP contribution in [-0.4, -0.2) is 26.5 Å². The standard InChI is InChI=1S/C15H17N5O/c1-3-21-13-8-9-16-15(20-13)17-10(2)14-18-11-6-4-5-7-12(11)19-14/h4-10H,3H2,1-2H3,(H,18,19)(H,16,17,20). The number of hydrogen-bond acceptors (Lipinski definition) is 5. The molecule has 0 spiro atoms. The van der Waals surface area contributed by atoms with E-state index in [2.05, 4.69) is 25.3 Å². The van der Waals surface area contributed by atoms with Crippen LogP contribution in [0.5, 0.6) is 5.88 Å². The van der Waals surface area contributed by atoms with Crippen LogP contribution in [0.25, 0.3) is 11.0 Å². The Kier molecular flexibility index (Phi) is 3.68. The normalized spacial score (nSPS) is 12.3. The van der Waals surface area contributed by atoms with E-state index < -0.39 is 0 Å². The Bertz CT molecular complexity index is 707. The number of aromatic amines is 1. The van der Waals surface area contributed by atoms with Crippen molar-refractivity contribution in [3.63, 3.8) is 0 Å². The number of rotatable bonds is 5. The monoisotopic (exact) mass is 283 g/mol. The summed E-state index contributed by atoms with van der Waals surface area (Å²) in [6.45, 7) is 4.51. The highest BCUT2D eigenvalue weighted by Crippen LogP contribution is 2.19. The molecule has 108 valence electrons. The molecule has 0 bridgehead atoms. The third-order valence-corrected chi connectivity index (χ3v) is 3.09. The lowest BCUT2D eigenvalue weighted by atomic mass is 10.3. The van der Waals surface area contributed by atoms with Crippen LogP contribution in [0.15, 0.2) is 36.5 Å². The largest absolute Gasteiger partial charge is 0.478 e. The Hall–Kier alpha value is -2.63. The summed E-state index contributed by atoms with van der Waals surface area (Å²) in [5.41, 5.74) is 1.97. The van der Waals surface area contributed by atoms with E-state index in [-0.39, 0.29) is 6.04 Å². The maximum atomic E-state index is 5.37. The SMILES string of the molecule is CCOc1ccnc(NC(C)c2nc3ccccc3[nH]2)n1. The van der Waals surface area contributed by atoms with Gasteiger partial charge in [-0.3, -0.25) is 0 Å². The lowest BCUT2D eigenvalue weighted by Crippen LogP contribution is -2.11. The molecular formula is C15H17N5O. The maximum Gasteiger partial charge on any atom is 0.226 e. The average molecular weight is 283 g/mol. The molecule has 0 saturated carbocycles. The molecule has 21 heavy (non-hydrogen) atoms. The van der Waals surface area contributed by atoms with Gasteiger partial charge in [-0.2, -0.15) is 4.98 Å². The van der Waals surface area contributed by atoms with Gasteiger partial charge in [0, 0.05) is 12.3 Å². The summed E-state index contributed by atoms with van der Waals surface area (Å²) in [4.78, 5) is 16.4. The molecule has 1 aromatic carbocycles. The third kappa shape index (κ3) is 2.94. The van der Waals surface area contributed by atoms with Crippen molar-refractivity contribution < 1.29 is 4.74 Å². The zero-order valence-corrected chi connectivity index (χ0v) is 12.0. The molecule has 0 fully saturated rings. The van der Waals surface area contributed by atoms with E-state index in [0.29, 0.717) is 18.4 Å². The fourth-order valence-corrected chi connectivity index (χ4v) is 2.08. The van der Waals surface area contributed by atoms with Crippen molar-refractivity contribution in [1.29, 1.82) is 0 Å². The van der Waals surface area contributed by atoms with Gasteiger partial charge in [0.05, 0.1) is 23.7 Å². The summed E-state index contributed by atoms with van der Waals surface area (Å²) in [5.74, 6) is 1.93. The van der Waals surface area contributed by atoms with Crippen molar-refractivity contribution in [3.8, 4) is 5.88 Å². The Morgan fingerprint density at radius 1 is 1.24 bits per heavy atom. The number of ether oxygens (including phenoxy) is 1. The van der Waals surface area contributed by atoms with Gasteiger partial charge in [0.1, 0.15) is 5.82 Å². The summed E-state index contributed by atoms with van der Waals surface area (Å²) in [6.07, 6.45) is 1.67. The minimum atomic E-state index is -0.0331. The summed E-state index contributed by atoms with van der Waals surface area (Å²) in [5, 5.41) is 3.22. The van der Waals surface area contributed by atoms with Crippen molar-refractivity contribution in [2.45, 2.75) is 19.9 Å². The van der Waals surface area contributed by atoms with E-state index in [1.54, 1.807) is 12.3 Å². The Labute approximate surface area is 122 Å². The number of fused-ring (bicyclic) bond motifs is 1. The predicted molar refractivity (Wildman–Crippen MR) is 81.3 cm³/mol. The molecule has 6 nitrogen and oxygen atoms in total. The second kappa shape index (κ2) is 5.78. The number of benzene rings is 1. The molecule has 0 aliphatic carbocycles. The second-order valence-electron chi connectivity index (χ2n) is 4.66. The van der Waals surface area contributed by atoms with Gasteiger partial charge in [-0.05, 0) is 26.0 Å². The van der Waals surface area contributed by atoms with E-state index in [9.17, 15) is 0 Å². The van der Waals surface area contributed by atoms with Crippen LogP contribution < -0.4 is 10.1 Å². The van der Waals surface area contributed by atoms with Crippen LogP contribution in [-0.2, 0) is 0 Å². The van der Waals surface area contributed by atoms with E-state index in [1.807, 2.05) is 38.1 Å². The molecule has 0 aliphatic rings. The van der Waals surface area contributed by atoms with Crippen molar-refractivity contribution in [2.75, 3.05) is 11.9 Å². The highest BCUT2D eigenvalue weighted by molar-refractivity contribution is 5.74. The van der Waals surface area contributed by atoms with Crippen molar-refractivity contribution in [2.24, 2.45) is 0 Å². The molecule has 2 N–H and O–H groups in total. The number of nitrogens with one attached hydrogen (secondary N) is 2. The Morgan fingerprint density at radius 3 is 2.90 bits per heavy atom. The molecule has 3 aromatic rings. The molecule has 0 radical (unpaired) electrons. The van der Waals surface area contributed by atoms with Gasteiger partial charge < -0.3 is 15.0 Å². The summed E-state index contributed by atoms with van der Waals surface area (Å²) in [7, 11) is 0. The van der Waals surface area contributed by atoms with E-state index in [0.717, 1.165) is 16.9 Å². The number of para-hydroxylation sites is 2. The average Bonchev–Trinajstić information content (AvgIpc) is 2.92. The fourth-order valence-electron chi connectivity index (χ4n) is 2.08. The number of aromatic nitrogens is 4. The maximum absolute atomic E-state index is 5.37. The zero-order valence-electron chi connectivity index (χ0n) is 12.0. The molecule has 1 atom stereocenters. The van der Waals surface area contributed by atoms with E-state index >= 15 is 0 Å². The molecular weight excluding hydrogens is 266 g/mol. The molecule has 0 amide bonds. The molecule has 6 heteroatoms. The molecule has 1 unspecified atom stereocenters. The van der Waals surface area contributed by atoms with E-state index in [4.69, 9.17) is 4.74 Å². The third-order valence-electron chi connectivity index (χ3n) is 3.09. The second-order valence-corrected chi connectivity index (χ2v) is 4.66. The van der Waals surface area contributed by atoms with Crippen LogP contribution >= 0.6 is 0 Å². The molecule has 2 heterocycles. The number of hydrogen-bond donors (Lipinski definition) is 2. The molecule has 3 rings (SSSR count). The van der Waals surface area contributed by atoms with Crippen LogP contribution in [0.1, 0.15) is 25.7 Å². The van der Waals surface area contributed by atoms with Gasteiger partial charge in [0.25, 0.3) is 0 Å². The predicted octanol–water partition coefficient (Wildman–Crippen LogP) is 2.92. The summed E-state index contributed by atoms with van der Waals surface area (Å²) < 4.78 is 5.37.